The smallest absolute Gasteiger partial charge is 0.243 e. The predicted octanol–water partition coefficient (Wildman–Crippen LogP) is 5.18. The first-order valence-electron chi connectivity index (χ1n) is 14.7. The average Bonchev–Trinajstić information content (AvgIpc) is 3.37. The Morgan fingerprint density at radius 2 is 1.81 bits per heavy atom. The lowest BCUT2D eigenvalue weighted by molar-refractivity contribution is -0.118. The van der Waals surface area contributed by atoms with Crippen LogP contribution >= 0.6 is 11.3 Å². The Morgan fingerprint density at radius 3 is 2.55 bits per heavy atom. The van der Waals surface area contributed by atoms with E-state index in [1.807, 2.05) is 36.4 Å². The van der Waals surface area contributed by atoms with Crippen LogP contribution in [0.1, 0.15) is 56.4 Å². The van der Waals surface area contributed by atoms with Gasteiger partial charge in [-0.2, -0.15) is 4.31 Å². The largest absolute Gasteiger partial charge is 0.309 e. The summed E-state index contributed by atoms with van der Waals surface area (Å²) in [5, 5.41) is 7.04. The number of sulfonamides is 1. The molecule has 1 saturated heterocycles. The highest BCUT2D eigenvalue weighted by atomic mass is 32.2. The van der Waals surface area contributed by atoms with Gasteiger partial charge < -0.3 is 10.6 Å². The number of anilines is 1. The van der Waals surface area contributed by atoms with Crippen molar-refractivity contribution in [2.45, 2.75) is 61.3 Å². The summed E-state index contributed by atoms with van der Waals surface area (Å²) >= 11 is 1.36. The molecule has 1 amide bonds. The highest BCUT2D eigenvalue weighted by molar-refractivity contribution is 7.89. The maximum Gasteiger partial charge on any atom is 0.243 e. The normalized spacial score (nSPS) is 19.7. The zero-order valence-electron chi connectivity index (χ0n) is 23.3. The molecule has 2 saturated carbocycles. The maximum atomic E-state index is 13.8. The fourth-order valence-corrected chi connectivity index (χ4v) is 8.72. The molecule has 9 nitrogen and oxygen atoms in total. The van der Waals surface area contributed by atoms with E-state index in [1.54, 1.807) is 28.8 Å². The number of aromatic nitrogens is 3. The number of rotatable bonds is 8. The molecule has 1 atom stereocenters. The molecule has 4 heterocycles. The van der Waals surface area contributed by atoms with Gasteiger partial charge in [0.2, 0.25) is 15.9 Å². The van der Waals surface area contributed by atoms with Crippen LogP contribution < -0.4 is 10.6 Å². The van der Waals surface area contributed by atoms with Gasteiger partial charge in [-0.1, -0.05) is 49.2 Å². The number of nitrogens with zero attached hydrogens (tertiary/aromatic N) is 4. The average molecular weight is 603 g/mol. The van der Waals surface area contributed by atoms with Crippen molar-refractivity contribution >= 4 is 42.7 Å². The van der Waals surface area contributed by atoms with Crippen LogP contribution in [0.4, 0.5) is 5.13 Å². The standard InChI is InChI=1S/C31H34N6O3S2/c38-28(36-30-35-27-10-9-26(34-29(27)41-30)23-11-15-32-16-12-23)25(19-21-3-1-2-4-21)22-5-7-24(8-6-22)42(39,40)37-18-17-33-31(20-37)13-14-31/h5-12,15-16,21,25,33H,1-4,13-14,17-20H2,(H,35,36,38)/t25-/m1/s1. The van der Waals surface area contributed by atoms with E-state index >= 15 is 0 Å². The fourth-order valence-electron chi connectivity index (χ4n) is 6.35. The van der Waals surface area contributed by atoms with Gasteiger partial charge in [-0.25, -0.2) is 18.4 Å². The van der Waals surface area contributed by atoms with E-state index in [0.717, 1.165) is 59.3 Å². The summed E-state index contributed by atoms with van der Waals surface area (Å²) in [4.78, 5) is 28.3. The Kier molecular flexibility index (Phi) is 7.29. The highest BCUT2D eigenvalue weighted by Crippen LogP contribution is 2.39. The summed E-state index contributed by atoms with van der Waals surface area (Å²) in [6.45, 7) is 1.66. The van der Waals surface area contributed by atoms with E-state index in [-0.39, 0.29) is 16.3 Å². The number of nitrogens with one attached hydrogen (secondary N) is 2. The van der Waals surface area contributed by atoms with Crippen LogP contribution in [0.2, 0.25) is 0 Å². The van der Waals surface area contributed by atoms with Crippen LogP contribution in [-0.2, 0) is 14.8 Å². The van der Waals surface area contributed by atoms with Gasteiger partial charge in [0.1, 0.15) is 10.3 Å². The van der Waals surface area contributed by atoms with Crippen molar-refractivity contribution in [3.63, 3.8) is 0 Å². The molecule has 3 fully saturated rings. The Hall–Kier alpha value is -3.25. The summed E-state index contributed by atoms with van der Waals surface area (Å²) < 4.78 is 28.5. The summed E-state index contributed by atoms with van der Waals surface area (Å²) in [5.41, 5.74) is 3.32. The van der Waals surface area contributed by atoms with Crippen molar-refractivity contribution in [2.75, 3.05) is 25.0 Å². The maximum absolute atomic E-state index is 13.8. The van der Waals surface area contributed by atoms with E-state index in [4.69, 9.17) is 4.98 Å². The minimum absolute atomic E-state index is 0.0352. The molecule has 2 N–H and O–H groups in total. The van der Waals surface area contributed by atoms with E-state index in [0.29, 0.717) is 30.7 Å². The van der Waals surface area contributed by atoms with Crippen LogP contribution in [0.3, 0.4) is 0 Å². The second-order valence-electron chi connectivity index (χ2n) is 11.8. The number of amides is 1. The molecule has 1 spiro atoms. The van der Waals surface area contributed by atoms with Crippen molar-refractivity contribution in [2.24, 2.45) is 5.92 Å². The summed E-state index contributed by atoms with van der Waals surface area (Å²) in [6.07, 6.45) is 10.8. The third kappa shape index (κ3) is 5.58. The molecule has 218 valence electrons. The summed E-state index contributed by atoms with van der Waals surface area (Å²) in [6, 6.07) is 14.6. The number of pyridine rings is 2. The van der Waals surface area contributed by atoms with Crippen molar-refractivity contribution < 1.29 is 13.2 Å². The quantitative estimate of drug-likeness (QED) is 0.285. The van der Waals surface area contributed by atoms with Gasteiger partial charge in [-0.3, -0.25) is 9.78 Å². The number of thiazole rings is 1. The zero-order chi connectivity index (χ0) is 28.7. The van der Waals surface area contributed by atoms with Crippen LogP contribution in [0.15, 0.2) is 65.8 Å². The van der Waals surface area contributed by atoms with E-state index < -0.39 is 15.9 Å². The van der Waals surface area contributed by atoms with Crippen LogP contribution in [0.25, 0.3) is 21.6 Å². The van der Waals surface area contributed by atoms with Gasteiger partial charge in [0, 0.05) is 43.1 Å². The van der Waals surface area contributed by atoms with Crippen molar-refractivity contribution in [3.05, 3.63) is 66.5 Å². The number of benzene rings is 1. The number of fused-ring (bicyclic) bond motifs is 1. The van der Waals surface area contributed by atoms with Gasteiger partial charge in [-0.15, -0.1) is 0 Å². The first kappa shape index (κ1) is 27.6. The third-order valence-electron chi connectivity index (χ3n) is 8.94. The van der Waals surface area contributed by atoms with Gasteiger partial charge in [0.15, 0.2) is 5.13 Å². The SMILES string of the molecule is O=C(Nc1nc2ccc(-c3ccncc3)nc2s1)[C@H](CC1CCCC1)c1ccc(S(=O)(=O)N2CCNC3(CC3)C2)cc1. The molecule has 7 rings (SSSR count). The summed E-state index contributed by atoms with van der Waals surface area (Å²) in [7, 11) is -3.59. The van der Waals surface area contributed by atoms with Gasteiger partial charge in [0.05, 0.1) is 16.5 Å². The van der Waals surface area contributed by atoms with E-state index in [1.165, 1.54) is 24.2 Å². The Balaban J connectivity index is 1.11. The van der Waals surface area contributed by atoms with Crippen molar-refractivity contribution in [1.82, 2.24) is 24.6 Å². The van der Waals surface area contributed by atoms with Crippen LogP contribution in [0.5, 0.6) is 0 Å². The van der Waals surface area contributed by atoms with Crippen LogP contribution in [0, 0.1) is 5.92 Å². The van der Waals surface area contributed by atoms with E-state index in [9.17, 15) is 13.2 Å². The number of hydrogen-bond acceptors (Lipinski definition) is 8. The van der Waals surface area contributed by atoms with Gasteiger partial charge in [-0.05, 0) is 67.1 Å². The van der Waals surface area contributed by atoms with Crippen molar-refractivity contribution in [3.8, 4) is 11.3 Å². The first-order chi connectivity index (χ1) is 20.4. The minimum atomic E-state index is -3.59. The topological polar surface area (TPSA) is 117 Å². The second kappa shape index (κ2) is 11.1. The molecule has 0 bridgehead atoms. The molecule has 0 radical (unpaired) electrons. The molecule has 2 aliphatic carbocycles. The number of carbonyl (C=O) groups excluding carboxylic acids is 1. The minimum Gasteiger partial charge on any atom is -0.309 e. The summed E-state index contributed by atoms with van der Waals surface area (Å²) in [5.74, 6) is -0.0467. The second-order valence-corrected chi connectivity index (χ2v) is 14.7. The monoisotopic (exact) mass is 602 g/mol. The van der Waals surface area contributed by atoms with Crippen molar-refractivity contribution in [1.29, 1.82) is 0 Å². The predicted molar refractivity (Wildman–Crippen MR) is 164 cm³/mol. The molecular formula is C31H34N6O3S2. The number of carbonyl (C=O) groups is 1. The molecular weight excluding hydrogens is 569 g/mol. The van der Waals surface area contributed by atoms with Gasteiger partial charge >= 0.3 is 0 Å². The fraction of sp³-hybridized carbons (Fsp3) is 0.419. The number of piperazine rings is 1. The Labute approximate surface area is 249 Å². The zero-order valence-corrected chi connectivity index (χ0v) is 25.0. The molecule has 1 aliphatic heterocycles. The van der Waals surface area contributed by atoms with Crippen LogP contribution in [-0.4, -0.2) is 58.8 Å². The highest BCUT2D eigenvalue weighted by Gasteiger charge is 2.48. The lowest BCUT2D eigenvalue weighted by atomic mass is 9.87. The molecule has 11 heteroatoms. The Morgan fingerprint density at radius 1 is 1.05 bits per heavy atom. The molecule has 3 aromatic heterocycles. The van der Waals surface area contributed by atoms with Gasteiger partial charge in [0.25, 0.3) is 0 Å². The molecule has 3 aliphatic rings. The first-order valence-corrected chi connectivity index (χ1v) is 17.0. The third-order valence-corrected chi connectivity index (χ3v) is 11.7. The number of hydrogen-bond donors (Lipinski definition) is 2. The Bertz CT molecular complexity index is 1700. The molecule has 0 unspecified atom stereocenters. The van der Waals surface area contributed by atoms with E-state index in [2.05, 4.69) is 20.6 Å². The lowest BCUT2D eigenvalue weighted by Gasteiger charge is -2.33. The molecule has 1 aromatic carbocycles. The lowest BCUT2D eigenvalue weighted by Crippen LogP contribution is -2.54. The molecule has 4 aromatic rings. The molecule has 42 heavy (non-hydrogen) atoms.